The second-order valence-electron chi connectivity index (χ2n) is 5.26. The van der Waals surface area contributed by atoms with E-state index in [1.807, 2.05) is 19.1 Å². The van der Waals surface area contributed by atoms with Crippen LogP contribution in [0.1, 0.15) is 33.6 Å². The molecule has 0 spiro atoms. The van der Waals surface area contributed by atoms with Crippen molar-refractivity contribution in [1.82, 2.24) is 15.0 Å². The normalized spacial score (nSPS) is 15.7. The molecule has 1 aromatic heterocycles. The van der Waals surface area contributed by atoms with Crippen molar-refractivity contribution in [1.29, 1.82) is 0 Å². The third kappa shape index (κ3) is 2.95. The summed E-state index contributed by atoms with van der Waals surface area (Å²) in [4.78, 5) is 17.9. The second kappa shape index (κ2) is 5.65. The van der Waals surface area contributed by atoms with Gasteiger partial charge in [-0.05, 0) is 24.6 Å². The van der Waals surface area contributed by atoms with Crippen molar-refractivity contribution in [3.05, 3.63) is 47.1 Å². The first-order chi connectivity index (χ1) is 10.2. The third-order valence-corrected chi connectivity index (χ3v) is 3.63. The van der Waals surface area contributed by atoms with Gasteiger partial charge in [-0.25, -0.2) is 4.79 Å². The molecule has 110 valence electrons. The van der Waals surface area contributed by atoms with Crippen LogP contribution in [0.5, 0.6) is 0 Å². The van der Waals surface area contributed by atoms with Crippen LogP contribution in [-0.4, -0.2) is 41.2 Å². The number of aryl methyl sites for hydroxylation is 1. The molecule has 1 aliphatic heterocycles. The van der Waals surface area contributed by atoms with Crippen molar-refractivity contribution >= 4 is 5.97 Å². The fourth-order valence-corrected chi connectivity index (χ4v) is 2.46. The molecule has 3 rings (SSSR count). The Bertz CT molecular complexity index is 630. The summed E-state index contributed by atoms with van der Waals surface area (Å²) in [6.45, 7) is 4.51. The minimum atomic E-state index is -0.308. The van der Waals surface area contributed by atoms with Crippen molar-refractivity contribution in [3.8, 4) is 0 Å². The Morgan fingerprint density at radius 1 is 1.38 bits per heavy atom. The highest BCUT2D eigenvalue weighted by Crippen LogP contribution is 2.27. The number of methoxy groups -OCH3 is 1. The average molecular weight is 287 g/mol. The molecule has 1 saturated heterocycles. The molecule has 0 radical (unpaired) electrons. The molecule has 6 nitrogen and oxygen atoms in total. The SMILES string of the molecule is COC(=O)c1ccc(CN2CC(c3nc(C)no3)C2)cc1. The Labute approximate surface area is 122 Å². The summed E-state index contributed by atoms with van der Waals surface area (Å²) < 4.78 is 9.86. The van der Waals surface area contributed by atoms with E-state index in [-0.39, 0.29) is 5.97 Å². The van der Waals surface area contributed by atoms with Crippen LogP contribution in [0.25, 0.3) is 0 Å². The van der Waals surface area contributed by atoms with Crippen molar-refractivity contribution in [3.63, 3.8) is 0 Å². The van der Waals surface area contributed by atoms with Gasteiger partial charge >= 0.3 is 5.97 Å². The molecule has 21 heavy (non-hydrogen) atoms. The summed E-state index contributed by atoms with van der Waals surface area (Å²) in [6.07, 6.45) is 0. The van der Waals surface area contributed by atoms with E-state index in [0.717, 1.165) is 25.5 Å². The standard InChI is InChI=1S/C15H17N3O3/c1-10-16-14(21-17-10)13-8-18(9-13)7-11-3-5-12(6-4-11)15(19)20-2/h3-6,13H,7-9H2,1-2H3. The van der Waals surface area contributed by atoms with Gasteiger partial charge in [-0.15, -0.1) is 0 Å². The fraction of sp³-hybridized carbons (Fsp3) is 0.400. The van der Waals surface area contributed by atoms with Crippen LogP contribution in [0, 0.1) is 6.92 Å². The van der Waals surface area contributed by atoms with Crippen LogP contribution in [0.15, 0.2) is 28.8 Å². The van der Waals surface area contributed by atoms with Crippen LogP contribution >= 0.6 is 0 Å². The molecular formula is C15H17N3O3. The number of ether oxygens (including phenoxy) is 1. The largest absolute Gasteiger partial charge is 0.465 e. The lowest BCUT2D eigenvalue weighted by Crippen LogP contribution is -2.44. The Kier molecular flexibility index (Phi) is 3.70. The van der Waals surface area contributed by atoms with Gasteiger partial charge in [-0.2, -0.15) is 4.98 Å². The number of carbonyl (C=O) groups excluding carboxylic acids is 1. The topological polar surface area (TPSA) is 68.5 Å². The molecule has 0 unspecified atom stereocenters. The molecule has 0 saturated carbocycles. The molecule has 0 bridgehead atoms. The van der Waals surface area contributed by atoms with Crippen LogP contribution in [0.3, 0.4) is 0 Å². The third-order valence-electron chi connectivity index (χ3n) is 3.63. The molecule has 2 aromatic rings. The predicted octanol–water partition coefficient (Wildman–Crippen LogP) is 1.76. The van der Waals surface area contributed by atoms with Gasteiger partial charge in [0.15, 0.2) is 5.82 Å². The highest BCUT2D eigenvalue weighted by atomic mass is 16.5. The minimum Gasteiger partial charge on any atom is -0.465 e. The van der Waals surface area contributed by atoms with Gasteiger partial charge in [0.1, 0.15) is 0 Å². The zero-order chi connectivity index (χ0) is 14.8. The van der Waals surface area contributed by atoms with Gasteiger partial charge in [0, 0.05) is 19.6 Å². The first kappa shape index (κ1) is 13.8. The predicted molar refractivity (Wildman–Crippen MR) is 74.8 cm³/mol. The Hall–Kier alpha value is -2.21. The quantitative estimate of drug-likeness (QED) is 0.798. The summed E-state index contributed by atoms with van der Waals surface area (Å²) >= 11 is 0. The number of hydrogen-bond donors (Lipinski definition) is 0. The maximum atomic E-state index is 11.4. The van der Waals surface area contributed by atoms with E-state index in [2.05, 4.69) is 19.8 Å². The fourth-order valence-electron chi connectivity index (χ4n) is 2.46. The Balaban J connectivity index is 1.53. The number of hydrogen-bond acceptors (Lipinski definition) is 6. The molecule has 6 heteroatoms. The summed E-state index contributed by atoms with van der Waals surface area (Å²) in [7, 11) is 1.38. The zero-order valence-electron chi connectivity index (χ0n) is 12.1. The molecule has 0 aliphatic carbocycles. The van der Waals surface area contributed by atoms with Crippen molar-refractivity contribution in [2.45, 2.75) is 19.4 Å². The number of carbonyl (C=O) groups is 1. The van der Waals surface area contributed by atoms with Crippen LogP contribution in [0.2, 0.25) is 0 Å². The van der Waals surface area contributed by atoms with Crippen molar-refractivity contribution in [2.75, 3.05) is 20.2 Å². The molecule has 0 amide bonds. The van der Waals surface area contributed by atoms with Gasteiger partial charge in [0.05, 0.1) is 18.6 Å². The number of benzene rings is 1. The number of aromatic nitrogens is 2. The van der Waals surface area contributed by atoms with Gasteiger partial charge in [0.25, 0.3) is 0 Å². The number of nitrogens with zero attached hydrogens (tertiary/aromatic N) is 3. The lowest BCUT2D eigenvalue weighted by Gasteiger charge is -2.37. The van der Waals surface area contributed by atoms with Gasteiger partial charge < -0.3 is 9.26 Å². The summed E-state index contributed by atoms with van der Waals surface area (Å²) in [5.41, 5.74) is 1.74. The summed E-state index contributed by atoms with van der Waals surface area (Å²) in [5.74, 6) is 1.43. The van der Waals surface area contributed by atoms with E-state index in [4.69, 9.17) is 4.52 Å². The Morgan fingerprint density at radius 3 is 2.67 bits per heavy atom. The van der Waals surface area contributed by atoms with E-state index in [0.29, 0.717) is 17.3 Å². The molecule has 0 N–H and O–H groups in total. The zero-order valence-corrected chi connectivity index (χ0v) is 12.1. The molecular weight excluding hydrogens is 270 g/mol. The Morgan fingerprint density at radius 2 is 2.10 bits per heavy atom. The van der Waals surface area contributed by atoms with E-state index >= 15 is 0 Å². The molecule has 1 aromatic carbocycles. The maximum Gasteiger partial charge on any atom is 0.337 e. The van der Waals surface area contributed by atoms with Crippen molar-refractivity contribution in [2.24, 2.45) is 0 Å². The van der Waals surface area contributed by atoms with Crippen LogP contribution in [0.4, 0.5) is 0 Å². The van der Waals surface area contributed by atoms with Crippen molar-refractivity contribution < 1.29 is 14.1 Å². The van der Waals surface area contributed by atoms with Gasteiger partial charge in [-0.1, -0.05) is 17.3 Å². The van der Waals surface area contributed by atoms with Gasteiger partial charge in [0.2, 0.25) is 5.89 Å². The maximum absolute atomic E-state index is 11.4. The molecule has 1 aliphatic rings. The molecule has 2 heterocycles. The number of likely N-dealkylation sites (tertiary alicyclic amines) is 1. The molecule has 1 fully saturated rings. The van der Waals surface area contributed by atoms with Crippen LogP contribution < -0.4 is 0 Å². The second-order valence-corrected chi connectivity index (χ2v) is 5.26. The average Bonchev–Trinajstić information content (AvgIpc) is 2.88. The minimum absolute atomic E-state index is 0.308. The highest BCUT2D eigenvalue weighted by molar-refractivity contribution is 5.89. The highest BCUT2D eigenvalue weighted by Gasteiger charge is 2.32. The van der Waals surface area contributed by atoms with E-state index in [9.17, 15) is 4.79 Å². The van der Waals surface area contributed by atoms with E-state index in [1.165, 1.54) is 12.7 Å². The number of rotatable bonds is 4. The molecule has 0 atom stereocenters. The monoisotopic (exact) mass is 287 g/mol. The van der Waals surface area contributed by atoms with E-state index < -0.39 is 0 Å². The van der Waals surface area contributed by atoms with Crippen LogP contribution in [-0.2, 0) is 11.3 Å². The smallest absolute Gasteiger partial charge is 0.337 e. The summed E-state index contributed by atoms with van der Waals surface area (Å²) in [5, 5.41) is 3.81. The number of esters is 1. The lowest BCUT2D eigenvalue weighted by molar-refractivity contribution is 0.0600. The summed E-state index contributed by atoms with van der Waals surface area (Å²) in [6, 6.07) is 7.49. The first-order valence-corrected chi connectivity index (χ1v) is 6.85. The van der Waals surface area contributed by atoms with E-state index in [1.54, 1.807) is 12.1 Å². The lowest BCUT2D eigenvalue weighted by atomic mass is 9.99. The van der Waals surface area contributed by atoms with Gasteiger partial charge in [-0.3, -0.25) is 4.90 Å². The first-order valence-electron chi connectivity index (χ1n) is 6.85.